The van der Waals surface area contributed by atoms with Gasteiger partial charge in [-0.3, -0.25) is 4.79 Å². The molecule has 18 heavy (non-hydrogen) atoms. The lowest BCUT2D eigenvalue weighted by molar-refractivity contribution is 0.104. The molecular formula is C17H12O. The van der Waals surface area contributed by atoms with Crippen molar-refractivity contribution in [3.05, 3.63) is 77.4 Å². The fourth-order valence-electron chi connectivity index (χ4n) is 1.63. The lowest BCUT2D eigenvalue weighted by Gasteiger charge is -2.00. The van der Waals surface area contributed by atoms with Gasteiger partial charge in [0.1, 0.15) is 0 Å². The molecule has 1 heteroatoms. The summed E-state index contributed by atoms with van der Waals surface area (Å²) in [4.78, 5) is 12.2. The zero-order chi connectivity index (χ0) is 12.8. The SMILES string of the molecule is C#C/C(=C\c1ccccc1)C(=O)c1ccccc1. The van der Waals surface area contributed by atoms with E-state index in [2.05, 4.69) is 5.92 Å². The number of benzene rings is 2. The van der Waals surface area contributed by atoms with Crippen LogP contribution in [0.5, 0.6) is 0 Å². The van der Waals surface area contributed by atoms with Crippen LogP contribution in [0, 0.1) is 12.3 Å². The van der Waals surface area contributed by atoms with E-state index in [4.69, 9.17) is 6.42 Å². The molecule has 0 fully saturated rings. The number of hydrogen-bond acceptors (Lipinski definition) is 1. The van der Waals surface area contributed by atoms with Crippen molar-refractivity contribution in [3.8, 4) is 12.3 Å². The third kappa shape index (κ3) is 2.75. The predicted octanol–water partition coefficient (Wildman–Crippen LogP) is 3.59. The molecule has 0 aliphatic carbocycles. The van der Waals surface area contributed by atoms with Crippen molar-refractivity contribution in [2.45, 2.75) is 0 Å². The van der Waals surface area contributed by atoms with Crippen molar-refractivity contribution >= 4 is 11.9 Å². The van der Waals surface area contributed by atoms with Crippen LogP contribution in [0.25, 0.3) is 6.08 Å². The highest BCUT2D eigenvalue weighted by molar-refractivity contribution is 6.14. The van der Waals surface area contributed by atoms with E-state index in [0.717, 1.165) is 5.56 Å². The maximum Gasteiger partial charge on any atom is 0.201 e. The smallest absolute Gasteiger partial charge is 0.201 e. The third-order valence-corrected chi connectivity index (χ3v) is 2.55. The number of carbonyl (C=O) groups excluding carboxylic acids is 1. The summed E-state index contributed by atoms with van der Waals surface area (Å²) in [6, 6.07) is 18.6. The number of hydrogen-bond donors (Lipinski definition) is 0. The molecule has 2 aromatic rings. The second-order valence-corrected chi connectivity index (χ2v) is 3.81. The van der Waals surface area contributed by atoms with Crippen molar-refractivity contribution in [1.29, 1.82) is 0 Å². The van der Waals surface area contributed by atoms with Gasteiger partial charge in [0, 0.05) is 5.56 Å². The first-order valence-electron chi connectivity index (χ1n) is 5.64. The van der Waals surface area contributed by atoms with Crippen LogP contribution in [0.3, 0.4) is 0 Å². The molecule has 0 aliphatic rings. The van der Waals surface area contributed by atoms with Gasteiger partial charge in [-0.2, -0.15) is 0 Å². The number of carbonyl (C=O) groups is 1. The van der Waals surface area contributed by atoms with Crippen LogP contribution >= 0.6 is 0 Å². The molecule has 0 spiro atoms. The predicted molar refractivity (Wildman–Crippen MR) is 74.0 cm³/mol. The molecule has 0 aromatic heterocycles. The molecule has 0 N–H and O–H groups in total. The normalized spacial score (nSPS) is 10.7. The van der Waals surface area contributed by atoms with E-state index in [-0.39, 0.29) is 5.78 Å². The zero-order valence-corrected chi connectivity index (χ0v) is 9.84. The van der Waals surface area contributed by atoms with Crippen LogP contribution in [-0.2, 0) is 0 Å². The van der Waals surface area contributed by atoms with Crippen LogP contribution in [-0.4, -0.2) is 5.78 Å². The molecule has 0 atom stereocenters. The lowest BCUT2D eigenvalue weighted by Crippen LogP contribution is -2.01. The topological polar surface area (TPSA) is 17.1 Å². The maximum atomic E-state index is 12.2. The van der Waals surface area contributed by atoms with Crippen LogP contribution in [0.1, 0.15) is 15.9 Å². The average molecular weight is 232 g/mol. The van der Waals surface area contributed by atoms with E-state index < -0.39 is 0 Å². The summed E-state index contributed by atoms with van der Waals surface area (Å²) in [5, 5.41) is 0. The summed E-state index contributed by atoms with van der Waals surface area (Å²) in [6.45, 7) is 0. The van der Waals surface area contributed by atoms with Gasteiger partial charge in [-0.05, 0) is 11.6 Å². The number of ketones is 1. The monoisotopic (exact) mass is 232 g/mol. The molecule has 2 rings (SSSR count). The summed E-state index contributed by atoms with van der Waals surface area (Å²) in [6.07, 6.45) is 7.15. The molecule has 0 bridgehead atoms. The lowest BCUT2D eigenvalue weighted by atomic mass is 10.0. The average Bonchev–Trinajstić information content (AvgIpc) is 2.46. The van der Waals surface area contributed by atoms with E-state index in [1.54, 1.807) is 18.2 Å². The first-order valence-corrected chi connectivity index (χ1v) is 5.64. The standard InChI is InChI=1S/C17H12O/c1-2-15(13-14-9-5-3-6-10-14)17(18)16-11-7-4-8-12-16/h1,3-13H/b15-13+. The fourth-order valence-corrected chi connectivity index (χ4v) is 1.63. The Labute approximate surface area is 107 Å². The molecule has 0 saturated heterocycles. The summed E-state index contributed by atoms with van der Waals surface area (Å²) < 4.78 is 0. The molecule has 86 valence electrons. The number of Topliss-reactive ketones (excluding diaryl/α,β-unsaturated/α-hetero) is 1. The quantitative estimate of drug-likeness (QED) is 0.449. The Hall–Kier alpha value is -2.59. The van der Waals surface area contributed by atoms with Crippen molar-refractivity contribution < 1.29 is 4.79 Å². The third-order valence-electron chi connectivity index (χ3n) is 2.55. The van der Waals surface area contributed by atoms with Gasteiger partial charge in [0.2, 0.25) is 5.78 Å². The summed E-state index contributed by atoms with van der Waals surface area (Å²) >= 11 is 0. The molecule has 1 nitrogen and oxygen atoms in total. The van der Waals surface area contributed by atoms with E-state index in [9.17, 15) is 4.79 Å². The van der Waals surface area contributed by atoms with Gasteiger partial charge in [-0.15, -0.1) is 6.42 Å². The largest absolute Gasteiger partial charge is 0.288 e. The van der Waals surface area contributed by atoms with E-state index >= 15 is 0 Å². The number of terminal acetylenes is 1. The van der Waals surface area contributed by atoms with Gasteiger partial charge >= 0.3 is 0 Å². The van der Waals surface area contributed by atoms with Gasteiger partial charge in [-0.25, -0.2) is 0 Å². The minimum atomic E-state index is -0.123. The molecular weight excluding hydrogens is 220 g/mol. The second-order valence-electron chi connectivity index (χ2n) is 3.81. The molecule has 0 heterocycles. The van der Waals surface area contributed by atoms with Crippen molar-refractivity contribution in [2.24, 2.45) is 0 Å². The van der Waals surface area contributed by atoms with E-state index in [0.29, 0.717) is 11.1 Å². The summed E-state index contributed by atoms with van der Waals surface area (Å²) in [5.41, 5.74) is 1.90. The highest BCUT2D eigenvalue weighted by Crippen LogP contribution is 2.12. The van der Waals surface area contributed by atoms with Crippen LogP contribution in [0.4, 0.5) is 0 Å². The Bertz CT molecular complexity index is 601. The van der Waals surface area contributed by atoms with Gasteiger partial charge < -0.3 is 0 Å². The minimum Gasteiger partial charge on any atom is -0.288 e. The number of rotatable bonds is 3. The Morgan fingerprint density at radius 1 is 0.944 bits per heavy atom. The van der Waals surface area contributed by atoms with Gasteiger partial charge in [0.15, 0.2) is 0 Å². The van der Waals surface area contributed by atoms with Crippen molar-refractivity contribution in [2.75, 3.05) is 0 Å². The van der Waals surface area contributed by atoms with Gasteiger partial charge in [0.05, 0.1) is 5.57 Å². The Morgan fingerprint density at radius 2 is 1.50 bits per heavy atom. The van der Waals surface area contributed by atoms with E-state index in [1.165, 1.54) is 0 Å². The van der Waals surface area contributed by atoms with Gasteiger partial charge in [0.25, 0.3) is 0 Å². The maximum absolute atomic E-state index is 12.2. The van der Waals surface area contributed by atoms with Crippen LogP contribution in [0.15, 0.2) is 66.2 Å². The van der Waals surface area contributed by atoms with Crippen molar-refractivity contribution in [3.63, 3.8) is 0 Å². The Morgan fingerprint density at radius 3 is 2.06 bits per heavy atom. The molecule has 0 radical (unpaired) electrons. The number of allylic oxidation sites excluding steroid dienone is 1. The molecule has 0 aliphatic heterocycles. The Balaban J connectivity index is 2.34. The van der Waals surface area contributed by atoms with Crippen molar-refractivity contribution in [1.82, 2.24) is 0 Å². The van der Waals surface area contributed by atoms with E-state index in [1.807, 2.05) is 48.5 Å². The Kier molecular flexibility index (Phi) is 3.73. The minimum absolute atomic E-state index is 0.123. The van der Waals surface area contributed by atoms with Gasteiger partial charge in [-0.1, -0.05) is 66.6 Å². The molecule has 2 aromatic carbocycles. The van der Waals surface area contributed by atoms with Crippen LogP contribution < -0.4 is 0 Å². The summed E-state index contributed by atoms with van der Waals surface area (Å²) in [5.74, 6) is 2.34. The molecule has 0 saturated carbocycles. The first-order chi connectivity index (χ1) is 8.81. The summed E-state index contributed by atoms with van der Waals surface area (Å²) in [7, 11) is 0. The fraction of sp³-hybridized carbons (Fsp3) is 0. The molecule has 0 unspecified atom stereocenters. The highest BCUT2D eigenvalue weighted by atomic mass is 16.1. The molecule has 0 amide bonds. The zero-order valence-electron chi connectivity index (χ0n) is 9.84. The second kappa shape index (κ2) is 5.65. The highest BCUT2D eigenvalue weighted by Gasteiger charge is 2.09. The first kappa shape index (κ1) is 11.9. The van der Waals surface area contributed by atoms with Crippen LogP contribution in [0.2, 0.25) is 0 Å².